The summed E-state index contributed by atoms with van der Waals surface area (Å²) in [4.78, 5) is 26.0. The van der Waals surface area contributed by atoms with Crippen molar-refractivity contribution in [2.45, 2.75) is 95.9 Å². The lowest BCUT2D eigenvalue weighted by atomic mass is 9.43. The summed E-state index contributed by atoms with van der Waals surface area (Å²) in [5.41, 5.74) is 0.349. The number of carbonyl (C=O) groups is 2. The first-order chi connectivity index (χ1) is 16.6. The summed E-state index contributed by atoms with van der Waals surface area (Å²) in [5.74, 6) is 1.27. The highest BCUT2D eigenvalue weighted by Gasteiger charge is 2.67. The van der Waals surface area contributed by atoms with Gasteiger partial charge in [0.25, 0.3) is 0 Å². The number of aliphatic hydroxyl groups excluding tert-OH is 1. The Kier molecular flexibility index (Phi) is 5.57. The number of esters is 1. The molecular weight excluding hydrogens is 446 g/mol. The minimum atomic E-state index is -0.694. The van der Waals surface area contributed by atoms with Gasteiger partial charge in [-0.05, 0) is 98.9 Å². The van der Waals surface area contributed by atoms with Gasteiger partial charge in [0.2, 0.25) is 0 Å². The van der Waals surface area contributed by atoms with Crippen LogP contribution in [0.15, 0.2) is 11.6 Å². The summed E-state index contributed by atoms with van der Waals surface area (Å²) in [6, 6.07) is 0. The van der Waals surface area contributed by atoms with E-state index in [0.717, 1.165) is 63.4 Å². The molecule has 7 heteroatoms. The van der Waals surface area contributed by atoms with E-state index in [2.05, 4.69) is 13.8 Å². The highest BCUT2D eigenvalue weighted by molar-refractivity contribution is 5.85. The molecule has 7 nitrogen and oxygen atoms in total. The third-order valence-corrected chi connectivity index (χ3v) is 11.6. The average Bonchev–Trinajstić information content (AvgIpc) is 3.51. The van der Waals surface area contributed by atoms with Crippen molar-refractivity contribution in [1.82, 2.24) is 4.90 Å². The molecule has 0 aromatic carbocycles. The summed E-state index contributed by atoms with van der Waals surface area (Å²) in [6.07, 6.45) is 10.3. The Balaban J connectivity index is 1.16. The minimum absolute atomic E-state index is 0.0467. The molecule has 1 saturated heterocycles. The number of rotatable bonds is 2. The Bertz CT molecular complexity index is 934. The Morgan fingerprint density at radius 3 is 2.63 bits per heavy atom. The van der Waals surface area contributed by atoms with Crippen LogP contribution < -0.4 is 0 Å². The van der Waals surface area contributed by atoms with Crippen LogP contribution in [0.4, 0.5) is 4.79 Å². The summed E-state index contributed by atoms with van der Waals surface area (Å²) in [5, 5.41) is 22.1. The van der Waals surface area contributed by atoms with Gasteiger partial charge in [-0.25, -0.2) is 9.59 Å². The molecule has 6 aliphatic rings. The highest BCUT2D eigenvalue weighted by Crippen LogP contribution is 2.70. The van der Waals surface area contributed by atoms with Crippen molar-refractivity contribution in [3.05, 3.63) is 11.6 Å². The van der Waals surface area contributed by atoms with Crippen LogP contribution in [0.5, 0.6) is 0 Å². The van der Waals surface area contributed by atoms with Crippen LogP contribution in [0.25, 0.3) is 0 Å². The average molecular weight is 488 g/mol. The van der Waals surface area contributed by atoms with Crippen LogP contribution >= 0.6 is 0 Å². The van der Waals surface area contributed by atoms with Crippen LogP contribution in [0, 0.1) is 34.5 Å². The van der Waals surface area contributed by atoms with Gasteiger partial charge >= 0.3 is 12.1 Å². The van der Waals surface area contributed by atoms with Gasteiger partial charge in [-0.3, -0.25) is 0 Å². The molecular formula is C28H41NO6. The quantitative estimate of drug-likeness (QED) is 0.575. The minimum Gasteiger partial charge on any atom is -0.458 e. The van der Waals surface area contributed by atoms with E-state index in [-0.39, 0.29) is 40.8 Å². The molecule has 9 atom stereocenters. The summed E-state index contributed by atoms with van der Waals surface area (Å²) >= 11 is 0. The first kappa shape index (κ1) is 23.8. The number of hydrogen-bond donors (Lipinski definition) is 2. The third kappa shape index (κ3) is 3.51. The number of fused-ring (bicyclic) bond motifs is 5. The molecule has 0 bridgehead atoms. The number of hydrogen-bond acceptors (Lipinski definition) is 6. The fourth-order valence-electron chi connectivity index (χ4n) is 9.60. The van der Waals surface area contributed by atoms with E-state index in [4.69, 9.17) is 9.47 Å². The van der Waals surface area contributed by atoms with Gasteiger partial charge in [0, 0.05) is 24.6 Å². The van der Waals surface area contributed by atoms with Gasteiger partial charge in [0.15, 0.2) is 0 Å². The third-order valence-electron chi connectivity index (χ3n) is 11.6. The molecule has 4 aliphatic carbocycles. The van der Waals surface area contributed by atoms with Crippen molar-refractivity contribution < 1.29 is 29.3 Å². The summed E-state index contributed by atoms with van der Waals surface area (Å²) in [6.45, 7) is 6.05. The van der Waals surface area contributed by atoms with Gasteiger partial charge in [-0.2, -0.15) is 0 Å². The number of carbonyl (C=O) groups excluding carboxylic acids is 2. The van der Waals surface area contributed by atoms with Crippen molar-refractivity contribution in [1.29, 1.82) is 0 Å². The number of cyclic esters (lactones) is 1. The Hall–Kier alpha value is -1.60. The van der Waals surface area contributed by atoms with Gasteiger partial charge in [0.1, 0.15) is 12.7 Å². The van der Waals surface area contributed by atoms with Crippen LogP contribution in [-0.4, -0.2) is 64.7 Å². The molecule has 194 valence electrons. The number of ether oxygens (including phenoxy) is 2. The number of nitrogens with zero attached hydrogens (tertiary/aromatic N) is 1. The lowest BCUT2D eigenvalue weighted by Crippen LogP contribution is -2.62. The SMILES string of the molecule is CC12CCC(OC(=O)N3CC[C@H](O)C3)CC1CCC1C2CCC2(C)C(C3=CC(=O)OC3)CCC12O. The molecule has 0 aromatic heterocycles. The van der Waals surface area contributed by atoms with Crippen LogP contribution in [-0.2, 0) is 14.3 Å². The van der Waals surface area contributed by atoms with E-state index in [0.29, 0.717) is 38.0 Å². The first-order valence-corrected chi connectivity index (χ1v) is 13.9. The second-order valence-electron chi connectivity index (χ2n) is 13.0. The largest absolute Gasteiger partial charge is 0.458 e. The smallest absolute Gasteiger partial charge is 0.410 e. The molecule has 0 aromatic rings. The van der Waals surface area contributed by atoms with E-state index in [1.807, 2.05) is 0 Å². The van der Waals surface area contributed by atoms with E-state index < -0.39 is 11.7 Å². The second-order valence-corrected chi connectivity index (χ2v) is 13.0. The summed E-state index contributed by atoms with van der Waals surface area (Å²) < 4.78 is 11.2. The summed E-state index contributed by atoms with van der Waals surface area (Å²) in [7, 11) is 0. The zero-order valence-corrected chi connectivity index (χ0v) is 21.2. The van der Waals surface area contributed by atoms with E-state index in [9.17, 15) is 19.8 Å². The Labute approximate surface area is 208 Å². The predicted molar refractivity (Wildman–Crippen MR) is 128 cm³/mol. The topological polar surface area (TPSA) is 96.3 Å². The maximum atomic E-state index is 12.6. The zero-order chi connectivity index (χ0) is 24.6. The van der Waals surface area contributed by atoms with Crippen molar-refractivity contribution in [2.75, 3.05) is 19.7 Å². The first-order valence-electron chi connectivity index (χ1n) is 13.9. The lowest BCUT2D eigenvalue weighted by molar-refractivity contribution is -0.208. The maximum absolute atomic E-state index is 12.6. The molecule has 6 rings (SSSR count). The Morgan fingerprint density at radius 2 is 1.91 bits per heavy atom. The van der Waals surface area contributed by atoms with E-state index in [1.54, 1.807) is 11.0 Å². The number of likely N-dealkylation sites (tertiary alicyclic amines) is 1. The van der Waals surface area contributed by atoms with Crippen molar-refractivity contribution in [3.8, 4) is 0 Å². The van der Waals surface area contributed by atoms with E-state index >= 15 is 0 Å². The molecule has 0 spiro atoms. The zero-order valence-electron chi connectivity index (χ0n) is 21.2. The highest BCUT2D eigenvalue weighted by atomic mass is 16.6. The Morgan fingerprint density at radius 1 is 1.09 bits per heavy atom. The number of amides is 1. The molecule has 2 N–H and O–H groups in total. The molecule has 5 fully saturated rings. The van der Waals surface area contributed by atoms with Crippen LogP contribution in [0.3, 0.4) is 0 Å². The maximum Gasteiger partial charge on any atom is 0.410 e. The van der Waals surface area contributed by atoms with E-state index in [1.165, 1.54) is 0 Å². The van der Waals surface area contributed by atoms with Gasteiger partial charge in [-0.1, -0.05) is 13.8 Å². The monoisotopic (exact) mass is 487 g/mol. The number of β-amino-alcohol motifs (C(OH)–C–C–N with tert-alkyl or cyclic N) is 1. The molecule has 4 saturated carbocycles. The van der Waals surface area contributed by atoms with Crippen molar-refractivity contribution in [3.63, 3.8) is 0 Å². The second kappa shape index (κ2) is 8.20. The lowest BCUT2D eigenvalue weighted by Gasteiger charge is -2.63. The normalized spacial score (nSPS) is 49.1. The van der Waals surface area contributed by atoms with Crippen LogP contribution in [0.2, 0.25) is 0 Å². The predicted octanol–water partition coefficient (Wildman–Crippen LogP) is 3.82. The fraction of sp³-hybridized carbons (Fsp3) is 0.857. The van der Waals surface area contributed by atoms with Gasteiger partial charge in [-0.15, -0.1) is 0 Å². The van der Waals surface area contributed by atoms with Crippen molar-refractivity contribution >= 4 is 12.1 Å². The molecule has 35 heavy (non-hydrogen) atoms. The fourth-order valence-corrected chi connectivity index (χ4v) is 9.60. The molecule has 2 aliphatic heterocycles. The molecule has 2 heterocycles. The van der Waals surface area contributed by atoms with Crippen LogP contribution in [0.1, 0.15) is 78.1 Å². The number of aliphatic hydroxyl groups is 2. The molecule has 0 radical (unpaired) electrons. The van der Waals surface area contributed by atoms with Gasteiger partial charge < -0.3 is 24.6 Å². The molecule has 8 unspecified atom stereocenters. The van der Waals surface area contributed by atoms with Crippen molar-refractivity contribution in [2.24, 2.45) is 34.5 Å². The standard InChI is InChI=1S/C28H41NO6/c1-26-9-5-20(35-25(32)29-12-8-19(30)15-29)14-18(26)3-4-23-22(26)6-10-27(2)21(7-11-28(23,27)33)17-13-24(31)34-16-17/h13,18-23,30,33H,3-12,14-16H2,1-2H3/t18?,19-,20?,21?,22?,23?,26?,27?,28?/m0/s1. The van der Waals surface area contributed by atoms with Gasteiger partial charge in [0.05, 0.1) is 11.7 Å². The molecule has 1 amide bonds.